The maximum absolute atomic E-state index is 6.03. The highest BCUT2D eigenvalue weighted by atomic mass is 16.5. The monoisotopic (exact) mass is 362 g/mol. The Hall–Kier alpha value is -2.99. The average molecular weight is 362 g/mol. The van der Waals surface area contributed by atoms with Gasteiger partial charge in [0.15, 0.2) is 0 Å². The summed E-state index contributed by atoms with van der Waals surface area (Å²) in [5, 5.41) is 0. The van der Waals surface area contributed by atoms with Gasteiger partial charge in [-0.05, 0) is 37.1 Å². The molecule has 0 spiro atoms. The Labute approximate surface area is 158 Å². The topological polar surface area (TPSA) is 60.4 Å². The minimum atomic E-state index is 0.160. The lowest BCUT2D eigenvalue weighted by Crippen LogP contribution is -2.25. The minimum Gasteiger partial charge on any atom is -0.439 e. The van der Waals surface area contributed by atoms with Gasteiger partial charge in [-0.1, -0.05) is 24.3 Å². The van der Waals surface area contributed by atoms with Crippen molar-refractivity contribution in [3.63, 3.8) is 0 Å². The standard InChI is InChI=1S/C21H22N4O2/c1-16-12-20(27-18-7-3-2-4-8-18)24-21(23-16)25-11-9-19(14-25)26-15-17-6-5-10-22-13-17/h2-8,10,12-13,19H,9,11,14-15H2,1H3. The lowest BCUT2D eigenvalue weighted by Gasteiger charge is -2.18. The van der Waals surface area contributed by atoms with Crippen LogP contribution in [-0.2, 0) is 11.3 Å². The van der Waals surface area contributed by atoms with Gasteiger partial charge in [0.25, 0.3) is 0 Å². The number of anilines is 1. The van der Waals surface area contributed by atoms with E-state index < -0.39 is 0 Å². The fourth-order valence-corrected chi connectivity index (χ4v) is 3.07. The number of para-hydroxylation sites is 1. The Bertz CT molecular complexity index is 874. The van der Waals surface area contributed by atoms with Crippen LogP contribution in [0.15, 0.2) is 60.9 Å². The molecule has 138 valence electrons. The maximum Gasteiger partial charge on any atom is 0.228 e. The fourth-order valence-electron chi connectivity index (χ4n) is 3.07. The number of benzene rings is 1. The summed E-state index contributed by atoms with van der Waals surface area (Å²) in [5.41, 5.74) is 1.96. The molecule has 3 heterocycles. The Morgan fingerprint density at radius 2 is 2.00 bits per heavy atom. The van der Waals surface area contributed by atoms with Gasteiger partial charge in [0.1, 0.15) is 5.75 Å². The van der Waals surface area contributed by atoms with Gasteiger partial charge in [0.05, 0.1) is 12.7 Å². The fraction of sp³-hybridized carbons (Fsp3) is 0.286. The number of ether oxygens (including phenoxy) is 2. The van der Waals surface area contributed by atoms with Gasteiger partial charge < -0.3 is 14.4 Å². The average Bonchev–Trinajstić information content (AvgIpc) is 3.17. The molecule has 1 fully saturated rings. The van der Waals surface area contributed by atoms with Crippen molar-refractivity contribution >= 4 is 5.95 Å². The third-order valence-corrected chi connectivity index (χ3v) is 4.42. The second-order valence-electron chi connectivity index (χ2n) is 6.59. The van der Waals surface area contributed by atoms with Crippen LogP contribution in [0, 0.1) is 6.92 Å². The molecule has 1 aliphatic rings. The molecule has 0 bridgehead atoms. The molecule has 0 saturated carbocycles. The molecule has 0 aliphatic carbocycles. The molecule has 6 nitrogen and oxygen atoms in total. The molecule has 3 aromatic rings. The van der Waals surface area contributed by atoms with Crippen LogP contribution in [0.2, 0.25) is 0 Å². The maximum atomic E-state index is 6.03. The van der Waals surface area contributed by atoms with Gasteiger partial charge in [-0.3, -0.25) is 4.98 Å². The number of nitrogens with zero attached hydrogens (tertiary/aromatic N) is 4. The van der Waals surface area contributed by atoms with E-state index in [1.165, 1.54) is 0 Å². The summed E-state index contributed by atoms with van der Waals surface area (Å²) in [4.78, 5) is 15.4. The van der Waals surface area contributed by atoms with E-state index in [1.54, 1.807) is 6.20 Å². The summed E-state index contributed by atoms with van der Waals surface area (Å²) in [5.74, 6) is 2.01. The van der Waals surface area contributed by atoms with E-state index in [9.17, 15) is 0 Å². The number of aryl methyl sites for hydroxylation is 1. The predicted octanol–water partition coefficient (Wildman–Crippen LogP) is 3.77. The van der Waals surface area contributed by atoms with Crippen molar-refractivity contribution in [2.24, 2.45) is 0 Å². The van der Waals surface area contributed by atoms with Gasteiger partial charge in [0.2, 0.25) is 11.8 Å². The molecule has 0 radical (unpaired) electrons. The predicted molar refractivity (Wildman–Crippen MR) is 103 cm³/mol. The molecule has 0 amide bonds. The molecule has 6 heteroatoms. The summed E-state index contributed by atoms with van der Waals surface area (Å²) in [6.45, 7) is 4.17. The molecule has 1 aromatic carbocycles. The van der Waals surface area contributed by atoms with Crippen LogP contribution in [0.3, 0.4) is 0 Å². The van der Waals surface area contributed by atoms with Crippen molar-refractivity contribution in [2.45, 2.75) is 26.1 Å². The third-order valence-electron chi connectivity index (χ3n) is 4.42. The Morgan fingerprint density at radius 3 is 2.81 bits per heavy atom. The SMILES string of the molecule is Cc1cc(Oc2ccccc2)nc(N2CCC(OCc3cccnc3)C2)n1. The molecule has 4 rings (SSSR count). The Balaban J connectivity index is 1.40. The number of hydrogen-bond donors (Lipinski definition) is 0. The van der Waals surface area contributed by atoms with Crippen LogP contribution in [0.25, 0.3) is 0 Å². The summed E-state index contributed by atoms with van der Waals surface area (Å²) < 4.78 is 11.9. The van der Waals surface area contributed by atoms with Crippen LogP contribution < -0.4 is 9.64 Å². The zero-order valence-electron chi connectivity index (χ0n) is 15.3. The van der Waals surface area contributed by atoms with Crippen LogP contribution in [-0.4, -0.2) is 34.1 Å². The first-order chi connectivity index (χ1) is 13.3. The summed E-state index contributed by atoms with van der Waals surface area (Å²) in [7, 11) is 0. The van der Waals surface area contributed by atoms with Crippen LogP contribution >= 0.6 is 0 Å². The quantitative estimate of drug-likeness (QED) is 0.665. The van der Waals surface area contributed by atoms with Gasteiger partial charge in [0, 0.05) is 37.2 Å². The minimum absolute atomic E-state index is 0.160. The van der Waals surface area contributed by atoms with E-state index in [0.717, 1.165) is 36.5 Å². The lowest BCUT2D eigenvalue weighted by atomic mass is 10.3. The number of pyridine rings is 1. The largest absolute Gasteiger partial charge is 0.439 e. The first-order valence-corrected chi connectivity index (χ1v) is 9.10. The molecular weight excluding hydrogens is 340 g/mol. The third kappa shape index (κ3) is 4.60. The highest BCUT2D eigenvalue weighted by molar-refractivity contribution is 5.37. The first-order valence-electron chi connectivity index (χ1n) is 9.10. The van der Waals surface area contributed by atoms with Crippen molar-refractivity contribution in [3.05, 3.63) is 72.2 Å². The molecule has 1 atom stereocenters. The molecular formula is C21H22N4O2. The van der Waals surface area contributed by atoms with E-state index in [-0.39, 0.29) is 6.10 Å². The number of rotatable bonds is 6. The summed E-state index contributed by atoms with van der Waals surface area (Å²) in [6, 6.07) is 15.5. The second kappa shape index (κ2) is 8.14. The van der Waals surface area contributed by atoms with Crippen molar-refractivity contribution in [1.29, 1.82) is 0 Å². The summed E-state index contributed by atoms with van der Waals surface area (Å²) >= 11 is 0. The van der Waals surface area contributed by atoms with Crippen LogP contribution in [0.4, 0.5) is 5.95 Å². The summed E-state index contributed by atoms with van der Waals surface area (Å²) in [6.07, 6.45) is 4.72. The van der Waals surface area contributed by atoms with Gasteiger partial charge in [-0.2, -0.15) is 4.98 Å². The van der Waals surface area contributed by atoms with Crippen molar-refractivity contribution < 1.29 is 9.47 Å². The molecule has 1 aliphatic heterocycles. The molecule has 1 saturated heterocycles. The smallest absolute Gasteiger partial charge is 0.228 e. The number of hydrogen-bond acceptors (Lipinski definition) is 6. The zero-order chi connectivity index (χ0) is 18.5. The molecule has 2 aromatic heterocycles. The van der Waals surface area contributed by atoms with Crippen LogP contribution in [0.5, 0.6) is 11.6 Å². The Morgan fingerprint density at radius 1 is 1.11 bits per heavy atom. The van der Waals surface area contributed by atoms with Crippen molar-refractivity contribution in [3.8, 4) is 11.6 Å². The molecule has 0 N–H and O–H groups in total. The van der Waals surface area contributed by atoms with Gasteiger partial charge in [-0.15, -0.1) is 0 Å². The molecule has 27 heavy (non-hydrogen) atoms. The highest BCUT2D eigenvalue weighted by Gasteiger charge is 2.25. The lowest BCUT2D eigenvalue weighted by molar-refractivity contribution is 0.0551. The normalized spacial score (nSPS) is 16.5. The molecule has 1 unspecified atom stereocenters. The zero-order valence-corrected chi connectivity index (χ0v) is 15.3. The number of aromatic nitrogens is 3. The van der Waals surface area contributed by atoms with Crippen LogP contribution in [0.1, 0.15) is 17.7 Å². The first kappa shape index (κ1) is 17.4. The van der Waals surface area contributed by atoms with E-state index in [4.69, 9.17) is 9.47 Å². The second-order valence-corrected chi connectivity index (χ2v) is 6.59. The van der Waals surface area contributed by atoms with Crippen molar-refractivity contribution in [1.82, 2.24) is 15.0 Å². The highest BCUT2D eigenvalue weighted by Crippen LogP contribution is 2.24. The van der Waals surface area contributed by atoms with Gasteiger partial charge >= 0.3 is 0 Å². The van der Waals surface area contributed by atoms with E-state index in [2.05, 4.69) is 19.9 Å². The van der Waals surface area contributed by atoms with E-state index >= 15 is 0 Å². The van der Waals surface area contributed by atoms with E-state index in [0.29, 0.717) is 18.4 Å². The van der Waals surface area contributed by atoms with Gasteiger partial charge in [-0.25, -0.2) is 4.98 Å². The van der Waals surface area contributed by atoms with E-state index in [1.807, 2.05) is 61.7 Å². The Kier molecular flexibility index (Phi) is 5.25. The van der Waals surface area contributed by atoms with Crippen molar-refractivity contribution in [2.75, 3.05) is 18.0 Å².